The second-order valence-electron chi connectivity index (χ2n) is 8.77. The number of hydrogen-bond donors (Lipinski definition) is 1. The van der Waals surface area contributed by atoms with Crippen LogP contribution in [0.5, 0.6) is 0 Å². The van der Waals surface area contributed by atoms with Crippen molar-refractivity contribution in [3.8, 4) is 0 Å². The number of nitrogens with zero attached hydrogens (tertiary/aromatic N) is 1. The average molecular weight is 363 g/mol. The quantitative estimate of drug-likeness (QED) is 0.452. The first kappa shape index (κ1) is 22.1. The molecule has 25 heavy (non-hydrogen) atoms. The Kier molecular flexibility index (Phi) is 8.53. The van der Waals surface area contributed by atoms with Gasteiger partial charge in [0.25, 0.3) is 0 Å². The molecule has 0 aromatic heterocycles. The molecule has 1 aromatic rings. The second kappa shape index (κ2) is 9.66. The lowest BCUT2D eigenvalue weighted by atomic mass is 9.84. The predicted octanol–water partition coefficient (Wildman–Crippen LogP) is 6.36. The van der Waals surface area contributed by atoms with Crippen LogP contribution in [0.15, 0.2) is 17.1 Å². The molecule has 0 amide bonds. The molecule has 1 rings (SSSR count). The minimum Gasteiger partial charge on any atom is -0.379 e. The van der Waals surface area contributed by atoms with E-state index in [0.717, 1.165) is 23.3 Å². The monoisotopic (exact) mass is 362 g/mol. The lowest BCUT2D eigenvalue weighted by Gasteiger charge is -2.22. The summed E-state index contributed by atoms with van der Waals surface area (Å²) in [5.74, 6) is 1.67. The van der Waals surface area contributed by atoms with Gasteiger partial charge >= 0.3 is 0 Å². The number of nitrogens with two attached hydrogens (primary N) is 1. The summed E-state index contributed by atoms with van der Waals surface area (Å²) in [7, 11) is 0. The number of rotatable bonds is 7. The zero-order valence-electron chi connectivity index (χ0n) is 17.6. The van der Waals surface area contributed by atoms with Gasteiger partial charge in [-0.25, -0.2) is 0 Å². The first-order valence-electron chi connectivity index (χ1n) is 9.57. The number of hydrogen-bond acceptors (Lipinski definition) is 2. The number of amidine groups is 1. The van der Waals surface area contributed by atoms with E-state index >= 15 is 0 Å². The molecule has 142 valence electrons. The zero-order chi connectivity index (χ0) is 19.2. The Morgan fingerprint density at radius 1 is 1.08 bits per heavy atom. The summed E-state index contributed by atoms with van der Waals surface area (Å²) in [6.45, 7) is 17.9. The van der Waals surface area contributed by atoms with Gasteiger partial charge in [0, 0.05) is 11.8 Å². The van der Waals surface area contributed by atoms with Gasteiger partial charge in [-0.15, -0.1) is 0 Å². The second-order valence-corrected chi connectivity index (χ2v) is 9.76. The van der Waals surface area contributed by atoms with E-state index in [2.05, 4.69) is 72.5 Å². The molecule has 0 fully saturated rings. The SMILES string of the molecule is Cc1cc(C(C)(C)C)cc(C)c1CSC(N)=N[C@H](C)CCCC(C)C. The van der Waals surface area contributed by atoms with Crippen LogP contribution < -0.4 is 5.73 Å². The Bertz CT molecular complexity index is 559. The van der Waals surface area contributed by atoms with E-state index in [1.54, 1.807) is 11.8 Å². The van der Waals surface area contributed by atoms with Gasteiger partial charge in [-0.05, 0) is 60.8 Å². The lowest BCUT2D eigenvalue weighted by molar-refractivity contribution is 0.512. The van der Waals surface area contributed by atoms with E-state index in [4.69, 9.17) is 5.73 Å². The molecule has 0 aliphatic rings. The summed E-state index contributed by atoms with van der Waals surface area (Å²) >= 11 is 1.67. The Morgan fingerprint density at radius 2 is 1.64 bits per heavy atom. The van der Waals surface area contributed by atoms with E-state index in [1.807, 2.05) is 0 Å². The fraction of sp³-hybridized carbons (Fsp3) is 0.682. The molecule has 2 N–H and O–H groups in total. The standard InChI is InChI=1S/C22H38N2S/c1-15(2)10-9-11-18(5)24-21(23)25-14-20-16(3)12-19(13-17(20)4)22(6,7)8/h12-13,15,18H,9-11,14H2,1-8H3,(H2,23,24)/t18-/m1/s1. The van der Waals surface area contributed by atoms with E-state index in [-0.39, 0.29) is 5.41 Å². The molecular formula is C22H38N2S. The highest BCUT2D eigenvalue weighted by Gasteiger charge is 2.16. The van der Waals surface area contributed by atoms with Crippen molar-refractivity contribution in [2.75, 3.05) is 0 Å². The molecule has 3 heteroatoms. The van der Waals surface area contributed by atoms with Gasteiger partial charge in [0.05, 0.1) is 0 Å². The number of aryl methyl sites for hydroxylation is 2. The minimum absolute atomic E-state index is 0.188. The highest BCUT2D eigenvalue weighted by molar-refractivity contribution is 8.13. The number of thioether (sulfide) groups is 1. The van der Waals surface area contributed by atoms with Gasteiger partial charge < -0.3 is 5.73 Å². The number of aliphatic imine (C=N–C) groups is 1. The van der Waals surface area contributed by atoms with Crippen LogP contribution in [0.2, 0.25) is 0 Å². The largest absolute Gasteiger partial charge is 0.379 e. The van der Waals surface area contributed by atoms with Crippen LogP contribution in [0.4, 0.5) is 0 Å². The van der Waals surface area contributed by atoms with Gasteiger partial charge in [-0.3, -0.25) is 4.99 Å². The van der Waals surface area contributed by atoms with Crippen LogP contribution in [-0.4, -0.2) is 11.2 Å². The zero-order valence-corrected chi connectivity index (χ0v) is 18.4. The topological polar surface area (TPSA) is 38.4 Å². The van der Waals surface area contributed by atoms with Crippen LogP contribution in [0, 0.1) is 19.8 Å². The summed E-state index contributed by atoms with van der Waals surface area (Å²) in [6.07, 6.45) is 3.62. The maximum Gasteiger partial charge on any atom is 0.154 e. The molecule has 0 bridgehead atoms. The summed E-state index contributed by atoms with van der Waals surface area (Å²) in [4.78, 5) is 4.66. The van der Waals surface area contributed by atoms with Crippen molar-refractivity contribution in [1.29, 1.82) is 0 Å². The third kappa shape index (κ3) is 7.85. The summed E-state index contributed by atoms with van der Waals surface area (Å²) in [5, 5.41) is 0.718. The van der Waals surface area contributed by atoms with Crippen molar-refractivity contribution in [2.24, 2.45) is 16.6 Å². The van der Waals surface area contributed by atoms with Gasteiger partial charge in [0.2, 0.25) is 0 Å². The van der Waals surface area contributed by atoms with Gasteiger partial charge in [0.15, 0.2) is 5.17 Å². The Balaban J connectivity index is 2.67. The molecule has 2 nitrogen and oxygen atoms in total. The molecule has 0 radical (unpaired) electrons. The van der Waals surface area contributed by atoms with E-state index in [9.17, 15) is 0 Å². The van der Waals surface area contributed by atoms with E-state index < -0.39 is 0 Å². The van der Waals surface area contributed by atoms with Gasteiger partial charge in [0.1, 0.15) is 0 Å². The van der Waals surface area contributed by atoms with Gasteiger partial charge in [-0.2, -0.15) is 0 Å². The van der Waals surface area contributed by atoms with Crippen LogP contribution in [0.3, 0.4) is 0 Å². The molecule has 0 saturated heterocycles. The first-order valence-corrected chi connectivity index (χ1v) is 10.6. The third-order valence-electron chi connectivity index (χ3n) is 4.68. The summed E-state index contributed by atoms with van der Waals surface area (Å²) < 4.78 is 0. The molecule has 0 aliphatic heterocycles. The lowest BCUT2D eigenvalue weighted by Crippen LogP contribution is -2.14. The molecule has 0 saturated carbocycles. The maximum absolute atomic E-state index is 6.17. The fourth-order valence-corrected chi connectivity index (χ4v) is 3.94. The molecule has 0 unspecified atom stereocenters. The molecule has 1 aromatic carbocycles. The van der Waals surface area contributed by atoms with E-state index in [1.165, 1.54) is 35.1 Å². The Morgan fingerprint density at radius 3 is 2.12 bits per heavy atom. The molecule has 0 aliphatic carbocycles. The van der Waals surface area contributed by atoms with E-state index in [0.29, 0.717) is 6.04 Å². The smallest absolute Gasteiger partial charge is 0.154 e. The average Bonchev–Trinajstić information content (AvgIpc) is 2.44. The Labute approximate surface area is 160 Å². The highest BCUT2D eigenvalue weighted by atomic mass is 32.2. The van der Waals surface area contributed by atoms with Gasteiger partial charge in [-0.1, -0.05) is 71.4 Å². The maximum atomic E-state index is 6.17. The molecular weight excluding hydrogens is 324 g/mol. The van der Waals surface area contributed by atoms with Crippen molar-refractivity contribution in [3.63, 3.8) is 0 Å². The predicted molar refractivity (Wildman–Crippen MR) is 116 cm³/mol. The first-order chi connectivity index (χ1) is 11.5. The molecule has 1 atom stereocenters. The van der Waals surface area contributed by atoms with Crippen molar-refractivity contribution >= 4 is 16.9 Å². The molecule has 0 spiro atoms. The minimum atomic E-state index is 0.188. The van der Waals surface area contributed by atoms with Crippen molar-refractivity contribution in [1.82, 2.24) is 0 Å². The Hall–Kier alpha value is -0.960. The molecule has 0 heterocycles. The van der Waals surface area contributed by atoms with Crippen molar-refractivity contribution < 1.29 is 0 Å². The number of benzene rings is 1. The van der Waals surface area contributed by atoms with Crippen molar-refractivity contribution in [3.05, 3.63) is 34.4 Å². The van der Waals surface area contributed by atoms with Crippen LogP contribution in [-0.2, 0) is 11.2 Å². The normalized spacial score (nSPS) is 14.2. The third-order valence-corrected chi connectivity index (χ3v) is 5.51. The van der Waals surface area contributed by atoms with Crippen LogP contribution in [0.1, 0.15) is 83.1 Å². The van der Waals surface area contributed by atoms with Crippen LogP contribution in [0.25, 0.3) is 0 Å². The fourth-order valence-electron chi connectivity index (χ4n) is 2.94. The summed E-state index contributed by atoms with van der Waals surface area (Å²) in [6, 6.07) is 4.96. The van der Waals surface area contributed by atoms with Crippen molar-refractivity contribution in [2.45, 2.75) is 91.9 Å². The van der Waals surface area contributed by atoms with Crippen LogP contribution >= 0.6 is 11.8 Å². The highest BCUT2D eigenvalue weighted by Crippen LogP contribution is 2.28. The summed E-state index contributed by atoms with van der Waals surface area (Å²) in [5.41, 5.74) is 11.9.